The number of carbonyl (C=O) groups is 2. The van der Waals surface area contributed by atoms with E-state index in [4.69, 9.17) is 4.74 Å². The summed E-state index contributed by atoms with van der Waals surface area (Å²) in [6.45, 7) is 8.32. The van der Waals surface area contributed by atoms with Gasteiger partial charge in [-0.15, -0.1) is 0 Å². The second kappa shape index (κ2) is 6.08. The molecule has 4 heteroatoms. The van der Waals surface area contributed by atoms with Crippen LogP contribution in [0.2, 0.25) is 0 Å². The zero-order valence-corrected chi connectivity index (χ0v) is 16.5. The highest BCUT2D eigenvalue weighted by Gasteiger charge is 2.48. The fourth-order valence-corrected chi connectivity index (χ4v) is 4.63. The van der Waals surface area contributed by atoms with Crippen LogP contribution in [0.4, 0.5) is 0 Å². The van der Waals surface area contributed by atoms with Crippen LogP contribution >= 0.6 is 0 Å². The zero-order valence-electron chi connectivity index (χ0n) is 16.5. The number of nitrogens with one attached hydrogen (secondary N) is 1. The van der Waals surface area contributed by atoms with Gasteiger partial charge >= 0.3 is 0 Å². The molecule has 0 saturated heterocycles. The molecule has 0 aromatic heterocycles. The Balaban J connectivity index is 1.80. The molecule has 2 heterocycles. The molecule has 4 rings (SSSR count). The van der Waals surface area contributed by atoms with Crippen LogP contribution in [0.1, 0.15) is 58.4 Å². The number of allylic oxidation sites excluding steroid dienone is 2. The van der Waals surface area contributed by atoms with Crippen LogP contribution in [0.3, 0.4) is 0 Å². The summed E-state index contributed by atoms with van der Waals surface area (Å²) in [5, 5.41) is 3.02. The number of ether oxygens (including phenoxy) is 1. The summed E-state index contributed by atoms with van der Waals surface area (Å²) >= 11 is 0. The van der Waals surface area contributed by atoms with Crippen LogP contribution in [-0.2, 0) is 14.3 Å². The van der Waals surface area contributed by atoms with E-state index in [1.54, 1.807) is 0 Å². The number of rotatable bonds is 2. The number of hydrogen-bond donors (Lipinski definition) is 1. The van der Waals surface area contributed by atoms with Gasteiger partial charge in [-0.3, -0.25) is 9.59 Å². The second-order valence-corrected chi connectivity index (χ2v) is 9.52. The summed E-state index contributed by atoms with van der Waals surface area (Å²) < 4.78 is 6.40. The van der Waals surface area contributed by atoms with E-state index in [-0.39, 0.29) is 34.5 Å². The first-order chi connectivity index (χ1) is 12.7. The molecule has 0 radical (unpaired) electrons. The first kappa shape index (κ1) is 18.0. The third-order valence-corrected chi connectivity index (χ3v) is 5.67. The van der Waals surface area contributed by atoms with E-state index in [0.29, 0.717) is 12.8 Å². The maximum Gasteiger partial charge on any atom is 0.225 e. The molecule has 27 heavy (non-hydrogen) atoms. The third kappa shape index (κ3) is 3.33. The first-order valence-corrected chi connectivity index (χ1v) is 9.66. The molecule has 2 unspecified atom stereocenters. The van der Waals surface area contributed by atoms with Crippen molar-refractivity contribution in [2.75, 3.05) is 0 Å². The average Bonchev–Trinajstić information content (AvgIpc) is 2.92. The number of carbonyl (C=O) groups excluding carboxylic acids is 2. The predicted octanol–water partition coefficient (Wildman–Crippen LogP) is 4.24. The van der Waals surface area contributed by atoms with E-state index >= 15 is 0 Å². The Morgan fingerprint density at radius 1 is 1.00 bits per heavy atom. The largest absolute Gasteiger partial charge is 0.487 e. The first-order valence-electron chi connectivity index (χ1n) is 9.66. The Kier molecular flexibility index (Phi) is 4.06. The molecule has 4 nitrogen and oxygen atoms in total. The monoisotopic (exact) mass is 365 g/mol. The maximum atomic E-state index is 13.1. The Bertz CT molecular complexity index is 861. The summed E-state index contributed by atoms with van der Waals surface area (Å²) in [6, 6.07) is 10.0. The lowest BCUT2D eigenvalue weighted by atomic mass is 9.72. The Morgan fingerprint density at radius 2 is 1.70 bits per heavy atom. The SMILES string of the molecule is CC1(C)C=C(C2OC3=C(C(=O)CC(C)(C)C3)C2c2ccccc2)NC(=O)C1. The number of hydrogen-bond acceptors (Lipinski definition) is 3. The number of amides is 1. The number of ketones is 1. The van der Waals surface area contributed by atoms with Gasteiger partial charge in [-0.05, 0) is 16.4 Å². The summed E-state index contributed by atoms with van der Waals surface area (Å²) in [5.41, 5.74) is 2.30. The van der Waals surface area contributed by atoms with Crippen molar-refractivity contribution in [2.24, 2.45) is 10.8 Å². The Morgan fingerprint density at radius 3 is 2.37 bits per heavy atom. The van der Waals surface area contributed by atoms with Crippen LogP contribution in [0.25, 0.3) is 0 Å². The van der Waals surface area contributed by atoms with Gasteiger partial charge in [-0.1, -0.05) is 64.1 Å². The standard InChI is InChI=1S/C23H27NO3/c1-22(2)10-15(24-18(26)13-22)21-19(14-8-6-5-7-9-14)20-16(25)11-23(3,4)12-17(20)27-21/h5-10,19,21H,11-13H2,1-4H3,(H,24,26). The molecule has 1 amide bonds. The van der Waals surface area contributed by atoms with Crippen molar-refractivity contribution in [3.05, 3.63) is 59.0 Å². The van der Waals surface area contributed by atoms with Crippen molar-refractivity contribution in [1.29, 1.82) is 0 Å². The number of benzene rings is 1. The van der Waals surface area contributed by atoms with E-state index in [0.717, 1.165) is 29.0 Å². The molecule has 1 aliphatic carbocycles. The Hall–Kier alpha value is -2.36. The van der Waals surface area contributed by atoms with Gasteiger partial charge in [0.25, 0.3) is 0 Å². The van der Waals surface area contributed by atoms with Crippen molar-refractivity contribution < 1.29 is 14.3 Å². The van der Waals surface area contributed by atoms with Crippen molar-refractivity contribution >= 4 is 11.7 Å². The summed E-state index contributed by atoms with van der Waals surface area (Å²) in [7, 11) is 0. The molecule has 0 spiro atoms. The van der Waals surface area contributed by atoms with Crippen LogP contribution in [0.5, 0.6) is 0 Å². The molecule has 1 aromatic rings. The van der Waals surface area contributed by atoms with Crippen LogP contribution in [0.15, 0.2) is 53.4 Å². The average molecular weight is 365 g/mol. The Labute approximate surface area is 160 Å². The van der Waals surface area contributed by atoms with Gasteiger partial charge in [0.1, 0.15) is 11.9 Å². The highest BCUT2D eigenvalue weighted by atomic mass is 16.5. The third-order valence-electron chi connectivity index (χ3n) is 5.67. The molecule has 2 aliphatic heterocycles. The molecule has 0 fully saturated rings. The van der Waals surface area contributed by atoms with E-state index < -0.39 is 0 Å². The lowest BCUT2D eigenvalue weighted by Gasteiger charge is -2.32. The van der Waals surface area contributed by atoms with E-state index in [2.05, 4.69) is 39.1 Å². The number of Topliss-reactive ketones (excluding diaryl/α,β-unsaturated/α-hetero) is 1. The predicted molar refractivity (Wildman–Crippen MR) is 104 cm³/mol. The zero-order chi connectivity index (χ0) is 19.4. The van der Waals surface area contributed by atoms with Gasteiger partial charge in [-0.2, -0.15) is 0 Å². The molecule has 142 valence electrons. The highest BCUT2D eigenvalue weighted by Crippen LogP contribution is 2.50. The lowest BCUT2D eigenvalue weighted by molar-refractivity contribution is -0.123. The summed E-state index contributed by atoms with van der Waals surface area (Å²) in [4.78, 5) is 25.3. The fourth-order valence-electron chi connectivity index (χ4n) is 4.63. The van der Waals surface area contributed by atoms with Gasteiger partial charge in [0, 0.05) is 24.8 Å². The minimum absolute atomic E-state index is 0.00411. The lowest BCUT2D eigenvalue weighted by Crippen LogP contribution is -2.40. The molecule has 3 aliphatic rings. The topological polar surface area (TPSA) is 55.4 Å². The van der Waals surface area contributed by atoms with Crippen molar-refractivity contribution in [3.8, 4) is 0 Å². The maximum absolute atomic E-state index is 13.1. The van der Waals surface area contributed by atoms with Crippen LogP contribution < -0.4 is 5.32 Å². The van der Waals surface area contributed by atoms with E-state index in [1.165, 1.54) is 0 Å². The molecule has 0 bridgehead atoms. The molecule has 1 N–H and O–H groups in total. The normalized spacial score (nSPS) is 29.0. The van der Waals surface area contributed by atoms with Gasteiger partial charge in [0.15, 0.2) is 5.78 Å². The minimum Gasteiger partial charge on any atom is -0.487 e. The highest BCUT2D eigenvalue weighted by molar-refractivity contribution is 5.99. The van der Waals surface area contributed by atoms with Gasteiger partial charge in [0.05, 0.1) is 11.6 Å². The van der Waals surface area contributed by atoms with Crippen LogP contribution in [0, 0.1) is 10.8 Å². The van der Waals surface area contributed by atoms with Crippen molar-refractivity contribution in [3.63, 3.8) is 0 Å². The molecule has 0 saturated carbocycles. The fraction of sp³-hybridized carbons (Fsp3) is 0.478. The van der Waals surface area contributed by atoms with Gasteiger partial charge < -0.3 is 10.1 Å². The smallest absolute Gasteiger partial charge is 0.225 e. The van der Waals surface area contributed by atoms with Crippen LogP contribution in [-0.4, -0.2) is 17.8 Å². The quantitative estimate of drug-likeness (QED) is 0.853. The minimum atomic E-state index is -0.362. The van der Waals surface area contributed by atoms with Gasteiger partial charge in [-0.25, -0.2) is 0 Å². The summed E-state index contributed by atoms with van der Waals surface area (Å²) in [6.07, 6.45) is 3.47. The second-order valence-electron chi connectivity index (χ2n) is 9.52. The van der Waals surface area contributed by atoms with Crippen molar-refractivity contribution in [2.45, 2.75) is 59.0 Å². The van der Waals surface area contributed by atoms with Gasteiger partial charge in [0.2, 0.25) is 5.91 Å². The summed E-state index contributed by atoms with van der Waals surface area (Å²) in [5.74, 6) is 0.794. The van der Waals surface area contributed by atoms with Crippen molar-refractivity contribution in [1.82, 2.24) is 5.32 Å². The molecular weight excluding hydrogens is 338 g/mol. The molecular formula is C23H27NO3. The van der Waals surface area contributed by atoms with E-state index in [9.17, 15) is 9.59 Å². The molecule has 1 aromatic carbocycles. The molecule has 2 atom stereocenters. The van der Waals surface area contributed by atoms with E-state index in [1.807, 2.05) is 30.3 Å².